The van der Waals surface area contributed by atoms with Gasteiger partial charge in [-0.05, 0) is 42.5 Å². The Bertz CT molecular complexity index is 846. The molecule has 0 fully saturated rings. The molecule has 2 aromatic carbocycles. The number of hydrogen-bond acceptors (Lipinski definition) is 3. The number of benzene rings is 2. The second-order valence-corrected chi connectivity index (χ2v) is 7.34. The summed E-state index contributed by atoms with van der Waals surface area (Å²) in [5.41, 5.74) is 3.95. The first-order valence-corrected chi connectivity index (χ1v) is 9.47. The number of carbonyl (C=O) groups excluding carboxylic acids is 1. The predicted octanol–water partition coefficient (Wildman–Crippen LogP) is 5.45. The van der Waals surface area contributed by atoms with Crippen molar-refractivity contribution < 1.29 is 9.53 Å². The van der Waals surface area contributed by atoms with Gasteiger partial charge in [0.25, 0.3) is 0 Å². The van der Waals surface area contributed by atoms with Crippen molar-refractivity contribution >= 4 is 27.6 Å². The molecule has 0 saturated carbocycles. The first kappa shape index (κ1) is 16.4. The minimum absolute atomic E-state index is 0.152. The lowest BCUT2D eigenvalue weighted by molar-refractivity contribution is 0.0527. The zero-order valence-electron chi connectivity index (χ0n) is 14.0. The lowest BCUT2D eigenvalue weighted by atomic mass is 9.76. The van der Waals surface area contributed by atoms with Crippen LogP contribution in [0.4, 0.5) is 5.69 Å². The molecule has 0 aromatic heterocycles. The summed E-state index contributed by atoms with van der Waals surface area (Å²) >= 11 is 3.69. The molecule has 2 aromatic rings. The van der Waals surface area contributed by atoms with Gasteiger partial charge in [-0.1, -0.05) is 58.4 Å². The molecule has 1 N–H and O–H groups in total. The van der Waals surface area contributed by atoms with E-state index in [-0.39, 0.29) is 12.0 Å². The van der Waals surface area contributed by atoms with E-state index in [9.17, 15) is 4.79 Å². The van der Waals surface area contributed by atoms with Crippen molar-refractivity contribution in [2.75, 3.05) is 11.9 Å². The number of carbonyl (C=O) groups is 1. The van der Waals surface area contributed by atoms with Crippen LogP contribution < -0.4 is 5.32 Å². The smallest absolute Gasteiger partial charge is 0.340 e. The average Bonchev–Trinajstić information content (AvgIpc) is 3.11. The van der Waals surface area contributed by atoms with Crippen molar-refractivity contribution in [3.8, 4) is 0 Å². The fourth-order valence-electron chi connectivity index (χ4n) is 4.04. The molecule has 0 bridgehead atoms. The molecule has 4 rings (SSSR count). The van der Waals surface area contributed by atoms with Crippen molar-refractivity contribution in [3.05, 3.63) is 75.8 Å². The fourth-order valence-corrected chi connectivity index (χ4v) is 4.57. The van der Waals surface area contributed by atoms with Crippen LogP contribution >= 0.6 is 15.9 Å². The van der Waals surface area contributed by atoms with Gasteiger partial charge in [0.05, 0.1) is 23.9 Å². The predicted molar refractivity (Wildman–Crippen MR) is 103 cm³/mol. The molecular formula is C21H20BrNO2. The van der Waals surface area contributed by atoms with Gasteiger partial charge in [-0.25, -0.2) is 4.79 Å². The normalized spacial score (nSPS) is 23.5. The lowest BCUT2D eigenvalue weighted by Crippen LogP contribution is -2.30. The number of halogens is 1. The van der Waals surface area contributed by atoms with Crippen molar-refractivity contribution in [3.63, 3.8) is 0 Å². The maximum absolute atomic E-state index is 12.4. The lowest BCUT2D eigenvalue weighted by Gasteiger charge is -2.38. The van der Waals surface area contributed by atoms with Crippen LogP contribution in [0.2, 0.25) is 0 Å². The average molecular weight is 398 g/mol. The number of allylic oxidation sites excluding steroid dienone is 2. The zero-order chi connectivity index (χ0) is 17.4. The van der Waals surface area contributed by atoms with E-state index in [1.165, 1.54) is 11.1 Å². The largest absolute Gasteiger partial charge is 0.462 e. The molecule has 3 nitrogen and oxygen atoms in total. The van der Waals surface area contributed by atoms with Crippen LogP contribution in [0.15, 0.2) is 59.1 Å². The van der Waals surface area contributed by atoms with Crippen LogP contribution in [0, 0.1) is 5.92 Å². The van der Waals surface area contributed by atoms with Crippen molar-refractivity contribution in [1.29, 1.82) is 0 Å². The van der Waals surface area contributed by atoms with E-state index < -0.39 is 0 Å². The van der Waals surface area contributed by atoms with Gasteiger partial charge in [0.1, 0.15) is 0 Å². The number of para-hydroxylation sites is 1. The summed E-state index contributed by atoms with van der Waals surface area (Å²) < 4.78 is 6.36. The second-order valence-electron chi connectivity index (χ2n) is 6.49. The molecule has 1 heterocycles. The maximum Gasteiger partial charge on any atom is 0.340 e. The second kappa shape index (κ2) is 6.68. The van der Waals surface area contributed by atoms with Crippen molar-refractivity contribution in [1.82, 2.24) is 0 Å². The van der Waals surface area contributed by atoms with E-state index in [0.717, 1.165) is 16.6 Å². The van der Waals surface area contributed by atoms with Crippen LogP contribution in [-0.4, -0.2) is 12.6 Å². The Labute approximate surface area is 156 Å². The SMILES string of the molecule is CCOC(=O)c1cccc2c1NC(c1ccccc1Br)C1CC=CC21. The van der Waals surface area contributed by atoms with Gasteiger partial charge in [0.15, 0.2) is 0 Å². The molecule has 25 heavy (non-hydrogen) atoms. The van der Waals surface area contributed by atoms with Crippen LogP contribution in [0.3, 0.4) is 0 Å². The highest BCUT2D eigenvalue weighted by atomic mass is 79.9. The summed E-state index contributed by atoms with van der Waals surface area (Å²) in [4.78, 5) is 12.4. The Morgan fingerprint density at radius 1 is 1.20 bits per heavy atom. The summed E-state index contributed by atoms with van der Waals surface area (Å²) in [6, 6.07) is 14.4. The number of nitrogens with one attached hydrogen (secondary N) is 1. The monoisotopic (exact) mass is 397 g/mol. The van der Waals surface area contributed by atoms with E-state index in [1.807, 2.05) is 25.1 Å². The zero-order valence-corrected chi connectivity index (χ0v) is 15.6. The number of anilines is 1. The van der Waals surface area contributed by atoms with Crippen molar-refractivity contribution in [2.24, 2.45) is 5.92 Å². The summed E-state index contributed by atoms with van der Waals surface area (Å²) in [6.07, 6.45) is 5.57. The van der Waals surface area contributed by atoms with Gasteiger partial charge in [0, 0.05) is 10.4 Å². The van der Waals surface area contributed by atoms with Gasteiger partial charge in [-0.3, -0.25) is 0 Å². The minimum Gasteiger partial charge on any atom is -0.462 e. The van der Waals surface area contributed by atoms with E-state index in [4.69, 9.17) is 4.74 Å². The highest BCUT2D eigenvalue weighted by Gasteiger charge is 2.39. The van der Waals surface area contributed by atoms with Crippen LogP contribution in [0.1, 0.15) is 46.8 Å². The van der Waals surface area contributed by atoms with Crippen LogP contribution in [-0.2, 0) is 4.74 Å². The van der Waals surface area contributed by atoms with Crippen molar-refractivity contribution in [2.45, 2.75) is 25.3 Å². The Morgan fingerprint density at radius 3 is 2.80 bits per heavy atom. The Hall–Kier alpha value is -2.07. The van der Waals surface area contributed by atoms with Gasteiger partial charge >= 0.3 is 5.97 Å². The number of hydrogen-bond donors (Lipinski definition) is 1. The summed E-state index contributed by atoms with van der Waals surface area (Å²) in [5.74, 6) is 0.504. The quantitative estimate of drug-likeness (QED) is 0.552. The molecule has 0 amide bonds. The molecule has 0 saturated heterocycles. The van der Waals surface area contributed by atoms with Gasteiger partial charge in [-0.2, -0.15) is 0 Å². The Morgan fingerprint density at radius 2 is 2.00 bits per heavy atom. The molecule has 3 unspecified atom stereocenters. The highest BCUT2D eigenvalue weighted by Crippen LogP contribution is 2.51. The molecule has 2 aliphatic rings. The third-order valence-corrected chi connectivity index (χ3v) is 5.85. The molecule has 1 aliphatic carbocycles. The number of rotatable bonds is 3. The van der Waals surface area contributed by atoms with Crippen LogP contribution in [0.25, 0.3) is 0 Å². The van der Waals surface area contributed by atoms with Crippen LogP contribution in [0.5, 0.6) is 0 Å². The summed E-state index contributed by atoms with van der Waals surface area (Å²) in [5, 5.41) is 3.66. The fraction of sp³-hybridized carbons (Fsp3) is 0.286. The van der Waals surface area contributed by atoms with E-state index in [2.05, 4.69) is 57.7 Å². The standard InChI is InChI=1S/C21H20BrNO2/c1-2-25-21(24)17-11-6-10-15-13-8-5-9-14(13)19(23-20(15)17)16-7-3-4-12-18(16)22/h3-8,10-14,19,23H,2,9H2,1H3. The number of fused-ring (bicyclic) bond motifs is 3. The molecule has 4 heteroatoms. The first-order valence-electron chi connectivity index (χ1n) is 8.68. The summed E-state index contributed by atoms with van der Waals surface area (Å²) in [7, 11) is 0. The van der Waals surface area contributed by atoms with Gasteiger partial charge < -0.3 is 10.1 Å². The Kier molecular flexibility index (Phi) is 4.38. The third-order valence-electron chi connectivity index (χ3n) is 5.13. The maximum atomic E-state index is 12.4. The van der Waals surface area contributed by atoms with Gasteiger partial charge in [-0.15, -0.1) is 0 Å². The molecule has 128 valence electrons. The number of esters is 1. The number of ether oxygens (including phenoxy) is 1. The Balaban J connectivity index is 1.82. The molecule has 0 radical (unpaired) electrons. The third kappa shape index (κ3) is 2.78. The molecule has 3 atom stereocenters. The molecular weight excluding hydrogens is 378 g/mol. The molecule has 0 spiro atoms. The minimum atomic E-state index is -0.266. The first-order chi connectivity index (χ1) is 12.2. The van der Waals surface area contributed by atoms with E-state index in [1.54, 1.807) is 0 Å². The topological polar surface area (TPSA) is 38.3 Å². The highest BCUT2D eigenvalue weighted by molar-refractivity contribution is 9.10. The van der Waals surface area contributed by atoms with Gasteiger partial charge in [0.2, 0.25) is 0 Å². The van der Waals surface area contributed by atoms with E-state index in [0.29, 0.717) is 24.0 Å². The summed E-state index contributed by atoms with van der Waals surface area (Å²) in [6.45, 7) is 2.21. The molecule has 1 aliphatic heterocycles. The van der Waals surface area contributed by atoms with E-state index >= 15 is 0 Å².